The lowest BCUT2D eigenvalue weighted by atomic mass is 10.2. The van der Waals surface area contributed by atoms with Gasteiger partial charge in [0.25, 0.3) is 0 Å². The molecule has 0 saturated heterocycles. The second-order valence-corrected chi connectivity index (χ2v) is 5.09. The van der Waals surface area contributed by atoms with E-state index in [1.54, 1.807) is 0 Å². The van der Waals surface area contributed by atoms with Gasteiger partial charge in [0.05, 0.1) is 11.0 Å². The zero-order valence-electron chi connectivity index (χ0n) is 11.4. The molecule has 0 fully saturated rings. The Morgan fingerprint density at radius 3 is 2.67 bits per heavy atom. The minimum Gasteiger partial charge on any atom is -0.341 e. The third kappa shape index (κ3) is 2.48. The fourth-order valence-electron chi connectivity index (χ4n) is 2.29. The maximum atomic E-state index is 5.71. The Kier molecular flexibility index (Phi) is 3.87. The van der Waals surface area contributed by atoms with Gasteiger partial charge in [-0.1, -0.05) is 26.0 Å². The third-order valence-electron chi connectivity index (χ3n) is 3.03. The van der Waals surface area contributed by atoms with E-state index >= 15 is 0 Å². The number of para-hydroxylation sites is 2. The van der Waals surface area contributed by atoms with Crippen LogP contribution < -0.4 is 10.6 Å². The predicted octanol–water partition coefficient (Wildman–Crippen LogP) is 1.99. The van der Waals surface area contributed by atoms with Gasteiger partial charge in [0.2, 0.25) is 5.95 Å². The highest BCUT2D eigenvalue weighted by molar-refractivity contribution is 5.78. The van der Waals surface area contributed by atoms with Gasteiger partial charge in [0.1, 0.15) is 0 Å². The summed E-state index contributed by atoms with van der Waals surface area (Å²) in [6.07, 6.45) is 0. The minimum atomic E-state index is 0.594. The molecule has 98 valence electrons. The number of imidazole rings is 1. The predicted molar refractivity (Wildman–Crippen MR) is 76.8 cm³/mol. The zero-order valence-corrected chi connectivity index (χ0v) is 11.4. The number of rotatable bonds is 5. The quantitative estimate of drug-likeness (QED) is 0.877. The molecule has 2 N–H and O–H groups in total. The molecule has 0 aliphatic rings. The van der Waals surface area contributed by atoms with E-state index in [0.29, 0.717) is 12.5 Å². The second-order valence-electron chi connectivity index (χ2n) is 5.09. The number of benzene rings is 1. The first-order valence-electron chi connectivity index (χ1n) is 6.50. The van der Waals surface area contributed by atoms with Crippen molar-refractivity contribution in [3.05, 3.63) is 24.3 Å². The molecular formula is C14H22N4. The van der Waals surface area contributed by atoms with E-state index in [0.717, 1.165) is 24.6 Å². The first-order valence-corrected chi connectivity index (χ1v) is 6.50. The van der Waals surface area contributed by atoms with Gasteiger partial charge in [-0.25, -0.2) is 4.98 Å². The molecule has 0 saturated carbocycles. The molecule has 0 bridgehead atoms. The van der Waals surface area contributed by atoms with E-state index in [2.05, 4.69) is 42.5 Å². The number of aryl methyl sites for hydroxylation is 1. The third-order valence-corrected chi connectivity index (χ3v) is 3.03. The van der Waals surface area contributed by atoms with Crippen LogP contribution in [-0.2, 0) is 7.05 Å². The number of nitrogens with two attached hydrogens (primary N) is 1. The summed E-state index contributed by atoms with van der Waals surface area (Å²) >= 11 is 0. The molecule has 0 spiro atoms. The van der Waals surface area contributed by atoms with Crippen LogP contribution in [0.2, 0.25) is 0 Å². The summed E-state index contributed by atoms with van der Waals surface area (Å²) in [5, 5.41) is 0. The lowest BCUT2D eigenvalue weighted by Gasteiger charge is -2.24. The molecule has 0 aliphatic heterocycles. The van der Waals surface area contributed by atoms with E-state index in [1.165, 1.54) is 5.52 Å². The molecule has 2 rings (SSSR count). The van der Waals surface area contributed by atoms with Crippen molar-refractivity contribution in [1.82, 2.24) is 9.55 Å². The Balaban J connectivity index is 2.40. The lowest BCUT2D eigenvalue weighted by Crippen LogP contribution is -2.34. The van der Waals surface area contributed by atoms with E-state index in [-0.39, 0.29) is 0 Å². The number of hydrogen-bond acceptors (Lipinski definition) is 3. The maximum Gasteiger partial charge on any atom is 0.206 e. The highest BCUT2D eigenvalue weighted by atomic mass is 15.3. The normalized spacial score (nSPS) is 11.4. The highest BCUT2D eigenvalue weighted by Gasteiger charge is 2.15. The lowest BCUT2D eigenvalue weighted by molar-refractivity contribution is 0.596. The number of hydrogen-bond donors (Lipinski definition) is 1. The van der Waals surface area contributed by atoms with Gasteiger partial charge in [-0.3, -0.25) is 0 Å². The molecular weight excluding hydrogens is 224 g/mol. The van der Waals surface area contributed by atoms with Crippen LogP contribution >= 0.6 is 0 Å². The number of nitrogens with zero attached hydrogens (tertiary/aromatic N) is 3. The zero-order chi connectivity index (χ0) is 13.1. The summed E-state index contributed by atoms with van der Waals surface area (Å²) < 4.78 is 2.15. The molecule has 0 atom stereocenters. The Labute approximate surface area is 108 Å². The maximum absolute atomic E-state index is 5.71. The summed E-state index contributed by atoms with van der Waals surface area (Å²) in [7, 11) is 2.06. The van der Waals surface area contributed by atoms with Gasteiger partial charge in [-0.15, -0.1) is 0 Å². The first kappa shape index (κ1) is 12.9. The van der Waals surface area contributed by atoms with E-state index in [4.69, 9.17) is 10.7 Å². The summed E-state index contributed by atoms with van der Waals surface area (Å²) in [4.78, 5) is 6.99. The van der Waals surface area contributed by atoms with E-state index < -0.39 is 0 Å². The summed E-state index contributed by atoms with van der Waals surface area (Å²) in [5.41, 5.74) is 7.92. The summed E-state index contributed by atoms with van der Waals surface area (Å²) in [6.45, 7) is 6.90. The largest absolute Gasteiger partial charge is 0.341 e. The summed E-state index contributed by atoms with van der Waals surface area (Å²) in [6, 6.07) is 8.22. The van der Waals surface area contributed by atoms with Crippen molar-refractivity contribution in [2.45, 2.75) is 13.8 Å². The molecule has 0 radical (unpaired) electrons. The first-order chi connectivity index (χ1) is 8.63. The van der Waals surface area contributed by atoms with Crippen LogP contribution in [0.4, 0.5) is 5.95 Å². The Bertz CT molecular complexity index is 515. The monoisotopic (exact) mass is 246 g/mol. The van der Waals surface area contributed by atoms with Crippen molar-refractivity contribution in [3.63, 3.8) is 0 Å². The average molecular weight is 246 g/mol. The number of aromatic nitrogens is 2. The molecule has 18 heavy (non-hydrogen) atoms. The van der Waals surface area contributed by atoms with Gasteiger partial charge >= 0.3 is 0 Å². The van der Waals surface area contributed by atoms with Crippen LogP contribution in [0, 0.1) is 5.92 Å². The van der Waals surface area contributed by atoms with Crippen molar-refractivity contribution < 1.29 is 0 Å². The SMILES string of the molecule is CC(C)CN(CCN)c1nc2ccccc2n1C. The standard InChI is InChI=1S/C14H22N4/c1-11(2)10-18(9-8-15)14-16-12-6-4-5-7-13(12)17(14)3/h4-7,11H,8-10,15H2,1-3H3. The van der Waals surface area contributed by atoms with Crippen LogP contribution in [0.25, 0.3) is 11.0 Å². The van der Waals surface area contributed by atoms with Crippen molar-refractivity contribution in [1.29, 1.82) is 0 Å². The van der Waals surface area contributed by atoms with Crippen molar-refractivity contribution in [2.24, 2.45) is 18.7 Å². The molecule has 4 nitrogen and oxygen atoms in total. The number of anilines is 1. The van der Waals surface area contributed by atoms with Gasteiger partial charge in [0, 0.05) is 26.7 Å². The van der Waals surface area contributed by atoms with Gasteiger partial charge in [-0.2, -0.15) is 0 Å². The number of fused-ring (bicyclic) bond motifs is 1. The molecule has 1 aromatic carbocycles. The van der Waals surface area contributed by atoms with E-state index in [9.17, 15) is 0 Å². The molecule has 2 aromatic rings. The topological polar surface area (TPSA) is 47.1 Å². The van der Waals surface area contributed by atoms with Gasteiger partial charge < -0.3 is 15.2 Å². The Morgan fingerprint density at radius 2 is 2.06 bits per heavy atom. The Hall–Kier alpha value is -1.55. The highest BCUT2D eigenvalue weighted by Crippen LogP contribution is 2.21. The fraction of sp³-hybridized carbons (Fsp3) is 0.500. The smallest absolute Gasteiger partial charge is 0.206 e. The molecule has 1 aromatic heterocycles. The fourth-order valence-corrected chi connectivity index (χ4v) is 2.29. The van der Waals surface area contributed by atoms with Gasteiger partial charge in [0.15, 0.2) is 0 Å². The van der Waals surface area contributed by atoms with Crippen LogP contribution in [0.5, 0.6) is 0 Å². The summed E-state index contributed by atoms with van der Waals surface area (Å²) in [5.74, 6) is 1.60. The van der Waals surface area contributed by atoms with E-state index in [1.807, 2.05) is 12.1 Å². The van der Waals surface area contributed by atoms with Gasteiger partial charge in [-0.05, 0) is 18.1 Å². The Morgan fingerprint density at radius 1 is 1.33 bits per heavy atom. The van der Waals surface area contributed by atoms with Crippen LogP contribution in [0.15, 0.2) is 24.3 Å². The molecule has 0 aliphatic carbocycles. The van der Waals surface area contributed by atoms with Crippen molar-refractivity contribution in [3.8, 4) is 0 Å². The second kappa shape index (κ2) is 5.40. The molecule has 0 amide bonds. The van der Waals surface area contributed by atoms with Crippen molar-refractivity contribution >= 4 is 17.0 Å². The minimum absolute atomic E-state index is 0.594. The average Bonchev–Trinajstić information content (AvgIpc) is 2.66. The van der Waals surface area contributed by atoms with Crippen LogP contribution in [0.1, 0.15) is 13.8 Å². The molecule has 4 heteroatoms. The van der Waals surface area contributed by atoms with Crippen LogP contribution in [0.3, 0.4) is 0 Å². The molecule has 0 unspecified atom stereocenters. The van der Waals surface area contributed by atoms with Crippen LogP contribution in [-0.4, -0.2) is 29.2 Å². The molecule has 1 heterocycles. The van der Waals surface area contributed by atoms with Crippen molar-refractivity contribution in [2.75, 3.05) is 24.5 Å².